The number of hydrogen-bond donors (Lipinski definition) is 2. The second-order valence-electron chi connectivity index (χ2n) is 13.1. The van der Waals surface area contributed by atoms with Crippen LogP contribution in [0.2, 0.25) is 0 Å². The Bertz CT molecular complexity index is 1140. The summed E-state index contributed by atoms with van der Waals surface area (Å²) in [6, 6.07) is 9.74. The summed E-state index contributed by atoms with van der Waals surface area (Å²) in [6.07, 6.45) is -0.197. The van der Waals surface area contributed by atoms with Crippen LogP contribution in [0.3, 0.4) is 0 Å². The number of carbonyl (C=O) groups excluding carboxylic acids is 1. The van der Waals surface area contributed by atoms with Gasteiger partial charge in [0.25, 0.3) is 0 Å². The van der Waals surface area contributed by atoms with Crippen LogP contribution in [0.5, 0.6) is 0 Å². The normalized spacial score (nSPS) is 46.1. The number of benzene rings is 1. The predicted octanol–water partition coefficient (Wildman–Crippen LogP) is 4.22. The summed E-state index contributed by atoms with van der Waals surface area (Å²) in [4.78, 5) is 13.8. The zero-order valence-corrected chi connectivity index (χ0v) is 22.7. The fraction of sp³-hybridized carbons (Fsp3) is 0.700. The standard InChI is InChI=1S/C30H40O7/c1-17-19(32)15-30-24(34-25(37-30)18-11-8-7-9-12-18)22-28(6,13-10-14-29(22,33)16-31)23-21(20(17)26(30,2)3)35-27(4,5)36-23/h7-9,11-12,21-25,31,33H,10,13-16H2,1-6H3/t21-,22+,23+,24+,25?,28-,29-,30-/m1/s1. The van der Waals surface area contributed by atoms with Crippen LogP contribution in [0.4, 0.5) is 0 Å². The molecule has 2 saturated carbocycles. The van der Waals surface area contributed by atoms with Crippen molar-refractivity contribution in [1.82, 2.24) is 0 Å². The first-order valence-electron chi connectivity index (χ1n) is 13.6. The molecule has 5 aliphatic rings. The van der Waals surface area contributed by atoms with Crippen molar-refractivity contribution < 1.29 is 34.0 Å². The Morgan fingerprint density at radius 3 is 2.35 bits per heavy atom. The van der Waals surface area contributed by atoms with Gasteiger partial charge in [0.1, 0.15) is 11.7 Å². The van der Waals surface area contributed by atoms with Crippen LogP contribution in [0.1, 0.15) is 79.1 Å². The average molecular weight is 513 g/mol. The smallest absolute Gasteiger partial charge is 0.185 e. The number of ether oxygens (including phenoxy) is 4. The second kappa shape index (κ2) is 7.96. The lowest BCUT2D eigenvalue weighted by atomic mass is 9.46. The molecule has 1 spiro atoms. The topological polar surface area (TPSA) is 94.5 Å². The molecule has 2 aliphatic heterocycles. The van der Waals surface area contributed by atoms with E-state index in [9.17, 15) is 15.0 Å². The lowest BCUT2D eigenvalue weighted by Crippen LogP contribution is -2.71. The molecular formula is C30H40O7. The molecule has 0 radical (unpaired) electrons. The van der Waals surface area contributed by atoms with Crippen molar-refractivity contribution in [1.29, 1.82) is 0 Å². The van der Waals surface area contributed by atoms with Crippen LogP contribution in [-0.4, -0.2) is 57.9 Å². The van der Waals surface area contributed by atoms with Crippen LogP contribution < -0.4 is 0 Å². The maximum Gasteiger partial charge on any atom is 0.185 e. The molecule has 2 N–H and O–H groups in total. The quantitative estimate of drug-likeness (QED) is 0.613. The molecule has 0 aromatic heterocycles. The predicted molar refractivity (Wildman–Crippen MR) is 135 cm³/mol. The van der Waals surface area contributed by atoms with Gasteiger partial charge in [0.15, 0.2) is 17.9 Å². The number of aliphatic hydroxyl groups excluding tert-OH is 1. The number of ketones is 1. The number of allylic oxidation sites excluding steroid dienone is 1. The van der Waals surface area contributed by atoms with Gasteiger partial charge in [-0.15, -0.1) is 0 Å². The van der Waals surface area contributed by atoms with Gasteiger partial charge >= 0.3 is 0 Å². The molecule has 1 aromatic carbocycles. The number of rotatable bonds is 2. The minimum absolute atomic E-state index is 0.00403. The average Bonchev–Trinajstić information content (AvgIpc) is 3.36. The van der Waals surface area contributed by atoms with Gasteiger partial charge in [-0.05, 0) is 51.2 Å². The van der Waals surface area contributed by atoms with E-state index in [1.807, 2.05) is 51.1 Å². The first kappa shape index (κ1) is 25.7. The van der Waals surface area contributed by atoms with Crippen molar-refractivity contribution in [2.24, 2.45) is 16.7 Å². The van der Waals surface area contributed by atoms with Crippen molar-refractivity contribution in [2.75, 3.05) is 6.61 Å². The van der Waals surface area contributed by atoms with Crippen molar-refractivity contribution in [3.8, 4) is 0 Å². The van der Waals surface area contributed by atoms with Gasteiger partial charge in [-0.1, -0.05) is 51.1 Å². The van der Waals surface area contributed by atoms with Gasteiger partial charge in [-0.25, -0.2) is 0 Å². The van der Waals surface area contributed by atoms with E-state index in [2.05, 4.69) is 20.8 Å². The Morgan fingerprint density at radius 2 is 1.68 bits per heavy atom. The fourth-order valence-electron chi connectivity index (χ4n) is 8.56. The molecule has 8 atom stereocenters. The van der Waals surface area contributed by atoms with Gasteiger partial charge in [-0.3, -0.25) is 4.79 Å². The van der Waals surface area contributed by atoms with Crippen LogP contribution in [0.25, 0.3) is 0 Å². The molecule has 2 bridgehead atoms. The number of hydrogen-bond acceptors (Lipinski definition) is 7. The third-order valence-corrected chi connectivity index (χ3v) is 10.3. The van der Waals surface area contributed by atoms with Gasteiger partial charge in [0.05, 0.1) is 24.4 Å². The highest BCUT2D eigenvalue weighted by atomic mass is 16.8. The number of aliphatic hydroxyl groups is 2. The molecule has 1 aromatic rings. The summed E-state index contributed by atoms with van der Waals surface area (Å²) in [5, 5.41) is 22.8. The van der Waals surface area contributed by atoms with E-state index < -0.39 is 64.9 Å². The molecular weight excluding hydrogens is 472 g/mol. The SMILES string of the molecule is CC1=C2[C@H]3OC(C)(C)O[C@@H]3[C@]3(C)CCC[C@@](O)(CO)[C@H]3[C@@H]3OC(c4ccccc4)O[C@@]3(CC1=O)C2(C)C. The monoisotopic (exact) mass is 512 g/mol. The van der Waals surface area contributed by atoms with Crippen molar-refractivity contribution in [3.05, 3.63) is 47.0 Å². The largest absolute Gasteiger partial charge is 0.393 e. The molecule has 6 rings (SSSR count). The Hall–Kier alpha value is -1.61. The minimum Gasteiger partial charge on any atom is -0.393 e. The zero-order chi connectivity index (χ0) is 26.6. The van der Waals surface area contributed by atoms with Crippen LogP contribution in [-0.2, 0) is 23.7 Å². The minimum atomic E-state index is -1.42. The maximum absolute atomic E-state index is 13.8. The summed E-state index contributed by atoms with van der Waals surface area (Å²) >= 11 is 0. The first-order chi connectivity index (χ1) is 17.3. The second-order valence-corrected chi connectivity index (χ2v) is 13.1. The van der Waals surface area contributed by atoms with Gasteiger partial charge in [0, 0.05) is 28.7 Å². The number of carbonyl (C=O) groups is 1. The van der Waals surface area contributed by atoms with Gasteiger partial charge in [0.2, 0.25) is 0 Å². The van der Waals surface area contributed by atoms with Crippen molar-refractivity contribution in [3.63, 3.8) is 0 Å². The van der Waals surface area contributed by atoms with Crippen LogP contribution >= 0.6 is 0 Å². The lowest BCUT2D eigenvalue weighted by Gasteiger charge is -2.62. The van der Waals surface area contributed by atoms with E-state index in [-0.39, 0.29) is 12.2 Å². The number of fused-ring (bicyclic) bond motifs is 6. The van der Waals surface area contributed by atoms with Crippen LogP contribution in [0.15, 0.2) is 41.5 Å². The maximum atomic E-state index is 13.8. The summed E-state index contributed by atoms with van der Waals surface area (Å²) in [5.74, 6) is -1.43. The summed E-state index contributed by atoms with van der Waals surface area (Å²) < 4.78 is 27.1. The molecule has 7 heteroatoms. The summed E-state index contributed by atoms with van der Waals surface area (Å²) in [5.41, 5.74) is -1.31. The van der Waals surface area contributed by atoms with Gasteiger partial charge < -0.3 is 29.2 Å². The molecule has 1 unspecified atom stereocenters. The summed E-state index contributed by atoms with van der Waals surface area (Å²) in [7, 11) is 0. The Morgan fingerprint density at radius 1 is 0.973 bits per heavy atom. The third-order valence-electron chi connectivity index (χ3n) is 10.3. The highest BCUT2D eigenvalue weighted by molar-refractivity contribution is 5.98. The highest BCUT2D eigenvalue weighted by Gasteiger charge is 2.75. The molecule has 202 valence electrons. The van der Waals surface area contributed by atoms with E-state index >= 15 is 0 Å². The molecule has 37 heavy (non-hydrogen) atoms. The van der Waals surface area contributed by atoms with E-state index in [1.165, 1.54) is 0 Å². The third kappa shape index (κ3) is 3.31. The zero-order valence-electron chi connectivity index (χ0n) is 22.7. The van der Waals surface area contributed by atoms with E-state index in [1.54, 1.807) is 0 Å². The molecule has 7 nitrogen and oxygen atoms in total. The fourth-order valence-corrected chi connectivity index (χ4v) is 8.56. The number of Topliss-reactive ketones (excluding diaryl/α,β-unsaturated/α-hetero) is 1. The van der Waals surface area contributed by atoms with Crippen molar-refractivity contribution >= 4 is 5.78 Å². The van der Waals surface area contributed by atoms with Crippen LogP contribution in [0, 0.1) is 16.7 Å². The van der Waals surface area contributed by atoms with Gasteiger partial charge in [-0.2, -0.15) is 0 Å². The summed E-state index contributed by atoms with van der Waals surface area (Å²) in [6.45, 7) is 11.6. The lowest BCUT2D eigenvalue weighted by molar-refractivity contribution is -0.235. The molecule has 0 amide bonds. The molecule has 4 fully saturated rings. The van der Waals surface area contributed by atoms with Crippen molar-refractivity contribution in [2.45, 2.75) is 109 Å². The molecule has 3 aliphatic carbocycles. The Labute approximate surface area is 219 Å². The van der Waals surface area contributed by atoms with E-state index in [0.29, 0.717) is 12.0 Å². The highest BCUT2D eigenvalue weighted by Crippen LogP contribution is 2.68. The van der Waals surface area contributed by atoms with E-state index in [4.69, 9.17) is 18.9 Å². The Balaban J connectivity index is 1.64. The van der Waals surface area contributed by atoms with E-state index in [0.717, 1.165) is 24.0 Å². The molecule has 2 saturated heterocycles. The first-order valence-corrected chi connectivity index (χ1v) is 13.6. The molecule has 2 heterocycles. The Kier molecular flexibility index (Phi) is 5.52.